The Balaban J connectivity index is 1.51. The zero-order chi connectivity index (χ0) is 17.5. The molecule has 4 heterocycles. The van der Waals surface area contributed by atoms with Crippen molar-refractivity contribution in [3.63, 3.8) is 0 Å². The number of nitrogens with two attached hydrogens (primary N) is 1. The molecule has 3 aromatic rings. The Morgan fingerprint density at radius 2 is 2.27 bits per heavy atom. The van der Waals surface area contributed by atoms with Crippen molar-refractivity contribution in [1.82, 2.24) is 9.88 Å². The molecule has 2 aliphatic rings. The van der Waals surface area contributed by atoms with Gasteiger partial charge in [-0.3, -0.25) is 4.90 Å². The van der Waals surface area contributed by atoms with Crippen LogP contribution in [0.5, 0.6) is 0 Å². The van der Waals surface area contributed by atoms with E-state index in [1.807, 2.05) is 23.6 Å². The Labute approximate surface area is 157 Å². The molecule has 2 aliphatic heterocycles. The molecule has 5 rings (SSSR count). The fraction of sp³-hybridized carbons (Fsp3) is 0.286. The van der Waals surface area contributed by atoms with Crippen molar-refractivity contribution >= 4 is 39.3 Å². The normalized spacial score (nSPS) is 21.2. The minimum atomic E-state index is 0.579. The summed E-state index contributed by atoms with van der Waals surface area (Å²) in [4.78, 5) is 11.7. The third-order valence-corrected chi connectivity index (χ3v) is 6.45. The van der Waals surface area contributed by atoms with Crippen LogP contribution in [0.4, 0.5) is 5.69 Å². The minimum absolute atomic E-state index is 0.579. The summed E-state index contributed by atoms with van der Waals surface area (Å²) in [5.41, 5.74) is 11.0. The van der Waals surface area contributed by atoms with Gasteiger partial charge in [0.15, 0.2) is 0 Å². The molecular formula is C21H22N4S. The van der Waals surface area contributed by atoms with Gasteiger partial charge in [-0.1, -0.05) is 12.1 Å². The van der Waals surface area contributed by atoms with Crippen LogP contribution in [0.2, 0.25) is 0 Å². The average molecular weight is 363 g/mol. The topological polar surface area (TPSA) is 57.4 Å². The van der Waals surface area contributed by atoms with Crippen molar-refractivity contribution in [2.45, 2.75) is 25.3 Å². The van der Waals surface area contributed by atoms with Gasteiger partial charge in [0.2, 0.25) is 0 Å². The molecule has 1 unspecified atom stereocenters. The zero-order valence-electron chi connectivity index (χ0n) is 14.6. The van der Waals surface area contributed by atoms with Crippen LogP contribution >= 0.6 is 11.3 Å². The number of fused-ring (bicyclic) bond motifs is 2. The maximum Gasteiger partial charge on any atom is 0.141 e. The molecular weight excluding hydrogens is 340 g/mol. The summed E-state index contributed by atoms with van der Waals surface area (Å²) in [5.74, 6) is 0.579. The van der Waals surface area contributed by atoms with E-state index in [4.69, 9.17) is 5.73 Å². The highest BCUT2D eigenvalue weighted by Gasteiger charge is 2.28. The summed E-state index contributed by atoms with van der Waals surface area (Å²) in [6.45, 7) is 2.33. The molecule has 3 N–H and O–H groups in total. The van der Waals surface area contributed by atoms with E-state index < -0.39 is 0 Å². The number of hydrogen-bond donors (Lipinski definition) is 2. The second-order valence-electron chi connectivity index (χ2n) is 7.13. The van der Waals surface area contributed by atoms with E-state index in [9.17, 15) is 0 Å². The summed E-state index contributed by atoms with van der Waals surface area (Å²) in [6, 6.07) is 11.0. The van der Waals surface area contributed by atoms with Crippen molar-refractivity contribution in [3.8, 4) is 0 Å². The molecule has 0 aliphatic carbocycles. The van der Waals surface area contributed by atoms with Crippen molar-refractivity contribution < 1.29 is 0 Å². The fourth-order valence-electron chi connectivity index (χ4n) is 4.21. The number of hydrogen-bond acceptors (Lipinski definition) is 3. The molecule has 0 spiro atoms. The Morgan fingerprint density at radius 3 is 3.15 bits per heavy atom. The van der Waals surface area contributed by atoms with Crippen molar-refractivity contribution in [3.05, 3.63) is 58.4 Å². The van der Waals surface area contributed by atoms with Crippen LogP contribution < -0.4 is 5.73 Å². The average Bonchev–Trinajstić information content (AvgIpc) is 3.40. The van der Waals surface area contributed by atoms with Crippen LogP contribution in [0.3, 0.4) is 0 Å². The number of aromatic nitrogens is 1. The molecule has 2 aromatic heterocycles. The Hall–Kier alpha value is -2.37. The second kappa shape index (κ2) is 6.41. The third kappa shape index (κ3) is 2.77. The van der Waals surface area contributed by atoms with E-state index in [1.165, 1.54) is 35.9 Å². The minimum Gasteiger partial charge on any atom is -0.383 e. The first kappa shape index (κ1) is 15.9. The van der Waals surface area contributed by atoms with Crippen LogP contribution in [-0.2, 0) is 0 Å². The van der Waals surface area contributed by atoms with Gasteiger partial charge in [0.05, 0.1) is 10.6 Å². The van der Waals surface area contributed by atoms with Crippen LogP contribution in [0.1, 0.15) is 29.7 Å². The lowest BCUT2D eigenvalue weighted by atomic mass is 9.94. The van der Waals surface area contributed by atoms with Gasteiger partial charge < -0.3 is 10.7 Å². The third-order valence-electron chi connectivity index (χ3n) is 5.56. The van der Waals surface area contributed by atoms with E-state index >= 15 is 0 Å². The number of H-pyrrole nitrogens is 1. The first-order chi connectivity index (χ1) is 12.8. The van der Waals surface area contributed by atoms with Crippen molar-refractivity contribution in [2.75, 3.05) is 13.1 Å². The van der Waals surface area contributed by atoms with Crippen LogP contribution in [0.15, 0.2) is 53.0 Å². The van der Waals surface area contributed by atoms with Crippen LogP contribution in [-0.4, -0.2) is 34.9 Å². The SMILES string of the molecule is NC(=Nc1ccc2[nH]cc(C3=CCN4CCCC4C3)c2c1)c1cccs1. The van der Waals surface area contributed by atoms with E-state index in [1.54, 1.807) is 11.3 Å². The maximum atomic E-state index is 6.17. The number of nitrogens with one attached hydrogen (secondary N) is 1. The Bertz CT molecular complexity index is 996. The monoisotopic (exact) mass is 362 g/mol. The molecule has 0 amide bonds. The van der Waals surface area contributed by atoms with Gasteiger partial charge >= 0.3 is 0 Å². The van der Waals surface area contributed by atoms with Gasteiger partial charge in [-0.2, -0.15) is 0 Å². The number of nitrogens with zero attached hydrogens (tertiary/aromatic N) is 2. The van der Waals surface area contributed by atoms with Crippen molar-refractivity contribution in [2.24, 2.45) is 10.7 Å². The lowest BCUT2D eigenvalue weighted by Gasteiger charge is -2.29. The summed E-state index contributed by atoms with van der Waals surface area (Å²) >= 11 is 1.61. The molecule has 1 aromatic carbocycles. The molecule has 4 nitrogen and oxygen atoms in total. The lowest BCUT2D eigenvalue weighted by molar-refractivity contribution is 0.275. The summed E-state index contributed by atoms with van der Waals surface area (Å²) < 4.78 is 0. The molecule has 5 heteroatoms. The van der Waals surface area contributed by atoms with Gasteiger partial charge in [0, 0.05) is 35.2 Å². The smallest absolute Gasteiger partial charge is 0.141 e. The van der Waals surface area contributed by atoms with Crippen molar-refractivity contribution in [1.29, 1.82) is 0 Å². The number of aromatic amines is 1. The number of rotatable bonds is 3. The molecule has 1 atom stereocenters. The van der Waals surface area contributed by atoms with E-state index in [0.29, 0.717) is 5.84 Å². The van der Waals surface area contributed by atoms with E-state index in [0.717, 1.165) is 35.1 Å². The number of thiophene rings is 1. The van der Waals surface area contributed by atoms with Gasteiger partial charge in [0.1, 0.15) is 5.84 Å². The van der Waals surface area contributed by atoms with Crippen LogP contribution in [0, 0.1) is 0 Å². The van der Waals surface area contributed by atoms with E-state index in [2.05, 4.69) is 39.3 Å². The fourth-order valence-corrected chi connectivity index (χ4v) is 4.84. The predicted octanol–water partition coefficient (Wildman–Crippen LogP) is 4.52. The standard InChI is InChI=1S/C21H22N4S/c22-21(20-4-2-10-26-20)24-15-5-6-19-17(12-15)18(13-23-19)14-7-9-25-8-1-3-16(25)11-14/h2,4-7,10,12-13,16,23H,1,3,8-9,11H2,(H2,22,24). The highest BCUT2D eigenvalue weighted by molar-refractivity contribution is 7.12. The van der Waals surface area contributed by atoms with Crippen LogP contribution in [0.25, 0.3) is 16.5 Å². The first-order valence-corrected chi connectivity index (χ1v) is 10.1. The van der Waals surface area contributed by atoms with E-state index in [-0.39, 0.29) is 0 Å². The summed E-state index contributed by atoms with van der Waals surface area (Å²) in [5, 5.41) is 3.26. The summed E-state index contributed by atoms with van der Waals surface area (Å²) in [7, 11) is 0. The molecule has 26 heavy (non-hydrogen) atoms. The Morgan fingerprint density at radius 1 is 1.31 bits per heavy atom. The van der Waals surface area contributed by atoms with Gasteiger partial charge in [0.25, 0.3) is 0 Å². The Kier molecular flexibility index (Phi) is 3.91. The largest absolute Gasteiger partial charge is 0.383 e. The quantitative estimate of drug-likeness (QED) is 0.532. The predicted molar refractivity (Wildman–Crippen MR) is 110 cm³/mol. The number of benzene rings is 1. The molecule has 1 fully saturated rings. The number of amidine groups is 1. The second-order valence-corrected chi connectivity index (χ2v) is 8.08. The highest BCUT2D eigenvalue weighted by Crippen LogP contribution is 2.36. The van der Waals surface area contributed by atoms with Gasteiger partial charge in [-0.25, -0.2) is 4.99 Å². The molecule has 132 valence electrons. The zero-order valence-corrected chi connectivity index (χ0v) is 15.4. The highest BCUT2D eigenvalue weighted by atomic mass is 32.1. The molecule has 1 saturated heterocycles. The van der Waals surface area contributed by atoms with Gasteiger partial charge in [-0.05, 0) is 61.0 Å². The first-order valence-electron chi connectivity index (χ1n) is 9.20. The van der Waals surface area contributed by atoms with Gasteiger partial charge in [-0.15, -0.1) is 11.3 Å². The molecule has 0 saturated carbocycles. The lowest BCUT2D eigenvalue weighted by Crippen LogP contribution is -2.32. The molecule has 0 bridgehead atoms. The summed E-state index contributed by atoms with van der Waals surface area (Å²) in [6.07, 6.45) is 8.36. The maximum absolute atomic E-state index is 6.17. The molecule has 0 radical (unpaired) electrons. The number of aliphatic imine (C=N–C) groups is 1.